The van der Waals surface area contributed by atoms with Gasteiger partial charge in [-0.25, -0.2) is 0 Å². The zero-order chi connectivity index (χ0) is 7.90. The van der Waals surface area contributed by atoms with Crippen molar-refractivity contribution in [1.29, 1.82) is 0 Å². The van der Waals surface area contributed by atoms with Crippen molar-refractivity contribution in [3.63, 3.8) is 0 Å². The highest BCUT2D eigenvalue weighted by Gasteiger charge is 2.47. The highest BCUT2D eigenvalue weighted by molar-refractivity contribution is 5.92. The highest BCUT2D eigenvalue weighted by atomic mass is 16.4. The van der Waals surface area contributed by atoms with Crippen molar-refractivity contribution in [2.75, 3.05) is 0 Å². The van der Waals surface area contributed by atoms with Crippen LogP contribution in [0, 0.1) is 11.3 Å². The van der Waals surface area contributed by atoms with Gasteiger partial charge in [0.25, 0.3) is 0 Å². The Bertz CT molecular complexity index is 200. The van der Waals surface area contributed by atoms with Gasteiger partial charge in [0, 0.05) is 5.41 Å². The van der Waals surface area contributed by atoms with Crippen LogP contribution in [0.4, 0.5) is 0 Å². The SMILES string of the molecule is C[C@@]12CCCC1CC/C2=N\O. The third kappa shape index (κ3) is 0.815. The molecule has 0 aromatic rings. The van der Waals surface area contributed by atoms with Crippen LogP contribution in [-0.4, -0.2) is 10.9 Å². The Morgan fingerprint density at radius 2 is 2.36 bits per heavy atom. The van der Waals surface area contributed by atoms with Crippen LogP contribution in [0.5, 0.6) is 0 Å². The molecular weight excluding hydrogens is 138 g/mol. The predicted octanol–water partition coefficient (Wildman–Crippen LogP) is 2.42. The van der Waals surface area contributed by atoms with Gasteiger partial charge >= 0.3 is 0 Å². The van der Waals surface area contributed by atoms with E-state index in [0.29, 0.717) is 0 Å². The van der Waals surface area contributed by atoms with Crippen molar-refractivity contribution in [2.45, 2.75) is 39.0 Å². The van der Waals surface area contributed by atoms with Gasteiger partial charge in [0.1, 0.15) is 0 Å². The van der Waals surface area contributed by atoms with Gasteiger partial charge in [0.05, 0.1) is 5.71 Å². The first-order chi connectivity index (χ1) is 5.27. The van der Waals surface area contributed by atoms with Gasteiger partial charge in [-0.2, -0.15) is 0 Å². The van der Waals surface area contributed by atoms with Crippen molar-refractivity contribution in [2.24, 2.45) is 16.5 Å². The summed E-state index contributed by atoms with van der Waals surface area (Å²) < 4.78 is 0. The van der Waals surface area contributed by atoms with E-state index in [9.17, 15) is 0 Å². The van der Waals surface area contributed by atoms with Gasteiger partial charge in [-0.05, 0) is 31.6 Å². The van der Waals surface area contributed by atoms with E-state index in [2.05, 4.69) is 12.1 Å². The normalized spacial score (nSPS) is 46.6. The van der Waals surface area contributed by atoms with Gasteiger partial charge in [-0.3, -0.25) is 0 Å². The van der Waals surface area contributed by atoms with E-state index >= 15 is 0 Å². The average molecular weight is 153 g/mol. The largest absolute Gasteiger partial charge is 0.411 e. The maximum Gasteiger partial charge on any atom is 0.0632 e. The Morgan fingerprint density at radius 3 is 3.09 bits per heavy atom. The third-order valence-corrected chi connectivity index (χ3v) is 3.66. The monoisotopic (exact) mass is 153 g/mol. The van der Waals surface area contributed by atoms with Crippen molar-refractivity contribution >= 4 is 5.71 Å². The Labute approximate surface area is 67.3 Å². The second-order valence-corrected chi connectivity index (χ2v) is 4.09. The summed E-state index contributed by atoms with van der Waals surface area (Å²) in [6.07, 6.45) is 6.17. The van der Waals surface area contributed by atoms with E-state index in [1.54, 1.807) is 0 Å². The standard InChI is InChI=1S/C9H15NO/c1-9-6-2-3-7(9)4-5-8(9)10-11/h7,11H,2-6H2,1H3/b10-8+/t7?,9-/m1/s1. The second kappa shape index (κ2) is 2.23. The molecule has 0 saturated heterocycles. The van der Waals surface area contributed by atoms with Crippen molar-refractivity contribution in [1.82, 2.24) is 0 Å². The predicted molar refractivity (Wildman–Crippen MR) is 43.9 cm³/mol. The number of hydrogen-bond donors (Lipinski definition) is 1. The number of nitrogens with zero attached hydrogens (tertiary/aromatic N) is 1. The first-order valence-corrected chi connectivity index (χ1v) is 4.49. The molecule has 2 aliphatic carbocycles. The Hall–Kier alpha value is -0.530. The number of hydrogen-bond acceptors (Lipinski definition) is 2. The number of fused-ring (bicyclic) bond motifs is 1. The molecule has 62 valence electrons. The number of rotatable bonds is 0. The minimum absolute atomic E-state index is 0.273. The smallest absolute Gasteiger partial charge is 0.0632 e. The molecule has 2 aliphatic rings. The minimum Gasteiger partial charge on any atom is -0.411 e. The fourth-order valence-corrected chi connectivity index (χ4v) is 2.84. The molecule has 0 amide bonds. The quantitative estimate of drug-likeness (QED) is 0.420. The van der Waals surface area contributed by atoms with E-state index in [1.807, 2.05) is 0 Å². The van der Waals surface area contributed by atoms with Crippen molar-refractivity contribution in [3.8, 4) is 0 Å². The summed E-state index contributed by atoms with van der Waals surface area (Å²) in [7, 11) is 0. The van der Waals surface area contributed by atoms with Gasteiger partial charge in [-0.1, -0.05) is 18.5 Å². The maximum atomic E-state index is 8.77. The Morgan fingerprint density at radius 1 is 1.55 bits per heavy atom. The molecule has 2 fully saturated rings. The summed E-state index contributed by atoms with van der Waals surface area (Å²) >= 11 is 0. The van der Waals surface area contributed by atoms with E-state index < -0.39 is 0 Å². The van der Waals surface area contributed by atoms with Crippen LogP contribution in [0.2, 0.25) is 0 Å². The molecule has 2 nitrogen and oxygen atoms in total. The first kappa shape index (κ1) is 7.14. The lowest BCUT2D eigenvalue weighted by Crippen LogP contribution is -2.23. The summed E-state index contributed by atoms with van der Waals surface area (Å²) in [5, 5.41) is 12.2. The molecule has 0 aliphatic heterocycles. The summed E-state index contributed by atoms with van der Waals surface area (Å²) in [6, 6.07) is 0. The minimum atomic E-state index is 0.273. The van der Waals surface area contributed by atoms with Gasteiger partial charge in [-0.15, -0.1) is 0 Å². The molecule has 2 atom stereocenters. The zero-order valence-electron chi connectivity index (χ0n) is 7.01. The molecule has 1 N–H and O–H groups in total. The van der Waals surface area contributed by atoms with Crippen LogP contribution in [0.15, 0.2) is 5.16 Å². The second-order valence-electron chi connectivity index (χ2n) is 4.09. The molecule has 0 bridgehead atoms. The summed E-state index contributed by atoms with van der Waals surface area (Å²) in [5.74, 6) is 0.813. The summed E-state index contributed by atoms with van der Waals surface area (Å²) in [6.45, 7) is 2.26. The molecule has 0 aromatic heterocycles. The van der Waals surface area contributed by atoms with Gasteiger partial charge < -0.3 is 5.21 Å². The van der Waals surface area contributed by atoms with Crippen LogP contribution in [0.25, 0.3) is 0 Å². The topological polar surface area (TPSA) is 32.6 Å². The Kier molecular flexibility index (Phi) is 1.44. The highest BCUT2D eigenvalue weighted by Crippen LogP contribution is 2.51. The van der Waals surface area contributed by atoms with Crippen molar-refractivity contribution < 1.29 is 5.21 Å². The van der Waals surface area contributed by atoms with E-state index in [1.165, 1.54) is 25.7 Å². The zero-order valence-corrected chi connectivity index (χ0v) is 7.01. The molecule has 0 heterocycles. The average Bonchev–Trinajstić information content (AvgIpc) is 2.44. The third-order valence-electron chi connectivity index (χ3n) is 3.66. The first-order valence-electron chi connectivity index (χ1n) is 4.49. The number of oxime groups is 1. The molecule has 11 heavy (non-hydrogen) atoms. The molecule has 0 radical (unpaired) electrons. The Balaban J connectivity index is 2.30. The van der Waals surface area contributed by atoms with E-state index in [4.69, 9.17) is 5.21 Å². The lowest BCUT2D eigenvalue weighted by molar-refractivity contribution is 0.299. The van der Waals surface area contributed by atoms with Crippen molar-refractivity contribution in [3.05, 3.63) is 0 Å². The van der Waals surface area contributed by atoms with Crippen LogP contribution in [0.3, 0.4) is 0 Å². The molecule has 1 unspecified atom stereocenters. The maximum absolute atomic E-state index is 8.77. The molecular formula is C9H15NO. The van der Waals surface area contributed by atoms with Crippen LogP contribution < -0.4 is 0 Å². The lowest BCUT2D eigenvalue weighted by Gasteiger charge is -2.23. The van der Waals surface area contributed by atoms with Crippen LogP contribution in [0.1, 0.15) is 39.0 Å². The fourth-order valence-electron chi connectivity index (χ4n) is 2.84. The molecule has 0 spiro atoms. The van der Waals surface area contributed by atoms with Crippen LogP contribution >= 0.6 is 0 Å². The molecule has 0 aromatic carbocycles. The summed E-state index contributed by atoms with van der Waals surface area (Å²) in [4.78, 5) is 0. The van der Waals surface area contributed by atoms with E-state index in [0.717, 1.165) is 18.1 Å². The molecule has 2 heteroatoms. The summed E-state index contributed by atoms with van der Waals surface area (Å²) in [5.41, 5.74) is 1.33. The van der Waals surface area contributed by atoms with E-state index in [-0.39, 0.29) is 5.41 Å². The van der Waals surface area contributed by atoms with Crippen LogP contribution in [-0.2, 0) is 0 Å². The fraction of sp³-hybridized carbons (Fsp3) is 0.889. The molecule has 2 rings (SSSR count). The van der Waals surface area contributed by atoms with Gasteiger partial charge in [0.2, 0.25) is 0 Å². The van der Waals surface area contributed by atoms with Gasteiger partial charge in [0.15, 0.2) is 0 Å². The molecule has 2 saturated carbocycles. The lowest BCUT2D eigenvalue weighted by atomic mass is 9.81.